The summed E-state index contributed by atoms with van der Waals surface area (Å²) >= 11 is 5.91. The van der Waals surface area contributed by atoms with Crippen molar-refractivity contribution in [3.05, 3.63) is 34.6 Å². The number of halogens is 2. The molecule has 0 unspecified atom stereocenters. The quantitative estimate of drug-likeness (QED) is 0.813. The van der Waals surface area contributed by atoms with E-state index >= 15 is 0 Å². The predicted octanol–water partition coefficient (Wildman–Crippen LogP) is 1.29. The SMILES string of the molecule is CC(C)NC(=O)C(=O)N1CCN(C(=O)c2ccc(F)cc2Cl)CC1. The Morgan fingerprint density at radius 2 is 1.71 bits per heavy atom. The Kier molecular flexibility index (Phi) is 5.77. The van der Waals surface area contributed by atoms with Crippen LogP contribution in [-0.4, -0.2) is 59.7 Å². The van der Waals surface area contributed by atoms with Gasteiger partial charge in [0, 0.05) is 32.2 Å². The van der Waals surface area contributed by atoms with Crippen molar-refractivity contribution in [3.63, 3.8) is 0 Å². The molecule has 6 nitrogen and oxygen atoms in total. The molecule has 1 heterocycles. The van der Waals surface area contributed by atoms with E-state index < -0.39 is 17.6 Å². The van der Waals surface area contributed by atoms with Crippen LogP contribution in [0, 0.1) is 5.82 Å². The average molecular weight is 356 g/mol. The van der Waals surface area contributed by atoms with E-state index in [9.17, 15) is 18.8 Å². The van der Waals surface area contributed by atoms with Crippen LogP contribution >= 0.6 is 11.6 Å². The Balaban J connectivity index is 1.96. The van der Waals surface area contributed by atoms with Gasteiger partial charge in [-0.25, -0.2) is 4.39 Å². The molecule has 1 fully saturated rings. The monoisotopic (exact) mass is 355 g/mol. The highest BCUT2D eigenvalue weighted by Crippen LogP contribution is 2.20. The summed E-state index contributed by atoms with van der Waals surface area (Å²) in [4.78, 5) is 39.1. The number of nitrogens with one attached hydrogen (secondary N) is 1. The lowest BCUT2D eigenvalue weighted by molar-refractivity contribution is -0.147. The second-order valence-electron chi connectivity index (χ2n) is 5.84. The van der Waals surface area contributed by atoms with E-state index in [1.54, 1.807) is 13.8 Å². The zero-order valence-corrected chi connectivity index (χ0v) is 14.3. The number of hydrogen-bond donors (Lipinski definition) is 1. The minimum Gasteiger partial charge on any atom is -0.346 e. The van der Waals surface area contributed by atoms with Gasteiger partial charge in [0.15, 0.2) is 0 Å². The van der Waals surface area contributed by atoms with Gasteiger partial charge in [-0.3, -0.25) is 14.4 Å². The molecule has 1 saturated heterocycles. The molecule has 3 amide bonds. The van der Waals surface area contributed by atoms with Crippen molar-refractivity contribution in [2.75, 3.05) is 26.2 Å². The Bertz CT molecular complexity index is 658. The normalized spacial score (nSPS) is 14.7. The first-order chi connectivity index (χ1) is 11.3. The van der Waals surface area contributed by atoms with Crippen molar-refractivity contribution in [1.29, 1.82) is 0 Å². The van der Waals surface area contributed by atoms with E-state index in [1.807, 2.05) is 0 Å². The van der Waals surface area contributed by atoms with Crippen LogP contribution in [0.15, 0.2) is 18.2 Å². The molecule has 0 radical (unpaired) electrons. The van der Waals surface area contributed by atoms with Crippen molar-refractivity contribution in [2.45, 2.75) is 19.9 Å². The van der Waals surface area contributed by atoms with E-state index in [4.69, 9.17) is 11.6 Å². The topological polar surface area (TPSA) is 69.7 Å². The fraction of sp³-hybridized carbons (Fsp3) is 0.438. The van der Waals surface area contributed by atoms with Crippen LogP contribution in [0.4, 0.5) is 4.39 Å². The molecule has 0 saturated carbocycles. The Labute approximate surface area is 144 Å². The molecule has 24 heavy (non-hydrogen) atoms. The fourth-order valence-electron chi connectivity index (χ4n) is 2.41. The minimum atomic E-state index is -0.647. The Hall–Kier alpha value is -2.15. The van der Waals surface area contributed by atoms with Gasteiger partial charge >= 0.3 is 11.8 Å². The highest BCUT2D eigenvalue weighted by molar-refractivity contribution is 6.35. The predicted molar refractivity (Wildman–Crippen MR) is 87.2 cm³/mol. The van der Waals surface area contributed by atoms with Gasteiger partial charge < -0.3 is 15.1 Å². The minimum absolute atomic E-state index is 0.0508. The van der Waals surface area contributed by atoms with Crippen LogP contribution in [0.25, 0.3) is 0 Å². The van der Waals surface area contributed by atoms with Crippen molar-refractivity contribution in [3.8, 4) is 0 Å². The third-order valence-corrected chi connectivity index (χ3v) is 3.94. The van der Waals surface area contributed by atoms with E-state index in [-0.39, 0.29) is 48.7 Å². The summed E-state index contributed by atoms with van der Waals surface area (Å²) in [5, 5.41) is 2.60. The number of carbonyl (C=O) groups is 3. The molecule has 0 aliphatic carbocycles. The van der Waals surface area contributed by atoms with Crippen LogP contribution in [0.1, 0.15) is 24.2 Å². The van der Waals surface area contributed by atoms with Crippen LogP contribution in [-0.2, 0) is 9.59 Å². The lowest BCUT2D eigenvalue weighted by Gasteiger charge is -2.34. The third kappa shape index (κ3) is 4.23. The van der Waals surface area contributed by atoms with Crippen LogP contribution < -0.4 is 5.32 Å². The number of amides is 3. The molecule has 1 aromatic rings. The number of rotatable bonds is 2. The first-order valence-corrected chi connectivity index (χ1v) is 8.01. The van der Waals surface area contributed by atoms with Gasteiger partial charge in [-0.1, -0.05) is 11.6 Å². The zero-order valence-electron chi connectivity index (χ0n) is 13.5. The van der Waals surface area contributed by atoms with Gasteiger partial charge in [-0.2, -0.15) is 0 Å². The lowest BCUT2D eigenvalue weighted by atomic mass is 10.1. The maximum absolute atomic E-state index is 13.1. The number of piperazine rings is 1. The molecule has 130 valence electrons. The molecular weight excluding hydrogens is 337 g/mol. The summed E-state index contributed by atoms with van der Waals surface area (Å²) in [6, 6.07) is 3.48. The number of carbonyl (C=O) groups excluding carboxylic acids is 3. The van der Waals surface area contributed by atoms with Crippen molar-refractivity contribution in [2.24, 2.45) is 0 Å². The van der Waals surface area contributed by atoms with Crippen LogP contribution in [0.5, 0.6) is 0 Å². The molecule has 0 spiro atoms. The Morgan fingerprint density at radius 3 is 2.25 bits per heavy atom. The fourth-order valence-corrected chi connectivity index (χ4v) is 2.66. The van der Waals surface area contributed by atoms with E-state index in [2.05, 4.69) is 5.32 Å². The first kappa shape index (κ1) is 18.2. The average Bonchev–Trinajstić information content (AvgIpc) is 2.53. The first-order valence-electron chi connectivity index (χ1n) is 7.63. The summed E-state index contributed by atoms with van der Waals surface area (Å²) in [5.74, 6) is -2.08. The molecule has 0 aromatic heterocycles. The van der Waals surface area contributed by atoms with Crippen molar-refractivity contribution in [1.82, 2.24) is 15.1 Å². The molecule has 8 heteroatoms. The maximum Gasteiger partial charge on any atom is 0.312 e. The number of benzene rings is 1. The second kappa shape index (κ2) is 7.61. The molecule has 1 aromatic carbocycles. The smallest absolute Gasteiger partial charge is 0.312 e. The van der Waals surface area contributed by atoms with E-state index in [1.165, 1.54) is 21.9 Å². The highest BCUT2D eigenvalue weighted by Gasteiger charge is 2.29. The molecular formula is C16H19ClFN3O3. The van der Waals surface area contributed by atoms with Gasteiger partial charge in [0.05, 0.1) is 10.6 Å². The second-order valence-corrected chi connectivity index (χ2v) is 6.24. The molecule has 2 rings (SSSR count). The third-order valence-electron chi connectivity index (χ3n) is 3.63. The zero-order chi connectivity index (χ0) is 17.9. The number of nitrogens with zero attached hydrogens (tertiary/aromatic N) is 2. The van der Waals surface area contributed by atoms with Crippen molar-refractivity contribution >= 4 is 29.3 Å². The van der Waals surface area contributed by atoms with Crippen molar-refractivity contribution < 1.29 is 18.8 Å². The lowest BCUT2D eigenvalue weighted by Crippen LogP contribution is -2.54. The van der Waals surface area contributed by atoms with Gasteiger partial charge in [0.1, 0.15) is 5.82 Å². The van der Waals surface area contributed by atoms with Gasteiger partial charge in [-0.05, 0) is 32.0 Å². The summed E-state index contributed by atoms with van der Waals surface area (Å²) in [7, 11) is 0. The highest BCUT2D eigenvalue weighted by atomic mass is 35.5. The summed E-state index contributed by atoms with van der Waals surface area (Å²) in [6.45, 7) is 4.63. The molecule has 1 N–H and O–H groups in total. The van der Waals surface area contributed by atoms with E-state index in [0.29, 0.717) is 0 Å². The van der Waals surface area contributed by atoms with Gasteiger partial charge in [0.25, 0.3) is 5.91 Å². The number of hydrogen-bond acceptors (Lipinski definition) is 3. The standard InChI is InChI=1S/C16H19ClFN3O3/c1-10(2)19-14(22)16(24)21-7-5-20(6-8-21)15(23)12-4-3-11(18)9-13(12)17/h3-4,9-10H,5-8H2,1-2H3,(H,19,22). The van der Waals surface area contributed by atoms with Crippen LogP contribution in [0.2, 0.25) is 5.02 Å². The summed E-state index contributed by atoms with van der Waals surface area (Å²) < 4.78 is 13.1. The maximum atomic E-state index is 13.1. The largest absolute Gasteiger partial charge is 0.346 e. The van der Waals surface area contributed by atoms with E-state index in [0.717, 1.165) is 6.07 Å². The molecule has 0 bridgehead atoms. The Morgan fingerprint density at radius 1 is 1.12 bits per heavy atom. The molecule has 1 aliphatic heterocycles. The van der Waals surface area contributed by atoms with Gasteiger partial charge in [0.2, 0.25) is 0 Å². The van der Waals surface area contributed by atoms with Crippen LogP contribution in [0.3, 0.4) is 0 Å². The molecule has 1 aliphatic rings. The molecule has 0 atom stereocenters. The summed E-state index contributed by atoms with van der Waals surface area (Å²) in [5.41, 5.74) is 0.218. The van der Waals surface area contributed by atoms with Gasteiger partial charge in [-0.15, -0.1) is 0 Å². The summed E-state index contributed by atoms with van der Waals surface area (Å²) in [6.07, 6.45) is 0.